The van der Waals surface area contributed by atoms with E-state index < -0.39 is 5.41 Å². The number of aryl methyl sites for hydroxylation is 1. The third kappa shape index (κ3) is 6.56. The summed E-state index contributed by atoms with van der Waals surface area (Å²) in [5, 5.41) is 12.6. The molecular formula is C70H48B2. The Bertz CT molecular complexity index is 3860. The predicted octanol–water partition coefficient (Wildman–Crippen LogP) is 13.2. The van der Waals surface area contributed by atoms with Crippen molar-refractivity contribution in [2.45, 2.75) is 12.3 Å². The molecule has 0 radical (unpaired) electrons. The van der Waals surface area contributed by atoms with E-state index in [0.717, 1.165) is 0 Å². The monoisotopic (exact) mass is 910 g/mol. The van der Waals surface area contributed by atoms with Crippen LogP contribution in [0.15, 0.2) is 273 Å². The van der Waals surface area contributed by atoms with Crippen molar-refractivity contribution in [3.05, 3.63) is 301 Å². The van der Waals surface area contributed by atoms with E-state index in [4.69, 9.17) is 0 Å². The molecule has 334 valence electrons. The van der Waals surface area contributed by atoms with E-state index in [2.05, 4.69) is 280 Å². The second-order valence-corrected chi connectivity index (χ2v) is 19.9. The first-order valence-corrected chi connectivity index (χ1v) is 25.4. The van der Waals surface area contributed by atoms with Crippen LogP contribution in [0.1, 0.15) is 27.8 Å². The molecule has 72 heavy (non-hydrogen) atoms. The molecule has 0 spiro atoms. The molecule has 2 heteroatoms. The summed E-state index contributed by atoms with van der Waals surface area (Å²) in [5.41, 5.74) is 16.0. The predicted molar refractivity (Wildman–Crippen MR) is 311 cm³/mol. The fourth-order valence-corrected chi connectivity index (χ4v) is 12.9. The fraction of sp³-hybridized carbons (Fsp3) is 0.0286. The third-order valence-corrected chi connectivity index (χ3v) is 16.1. The van der Waals surface area contributed by atoms with Crippen molar-refractivity contribution in [1.82, 2.24) is 0 Å². The number of hydrogen-bond acceptors (Lipinski definition) is 0. The fourth-order valence-electron chi connectivity index (χ4n) is 12.9. The van der Waals surface area contributed by atoms with Crippen molar-refractivity contribution in [1.29, 1.82) is 0 Å². The van der Waals surface area contributed by atoms with Crippen molar-refractivity contribution < 1.29 is 0 Å². The zero-order valence-corrected chi connectivity index (χ0v) is 40.1. The van der Waals surface area contributed by atoms with E-state index in [-0.39, 0.29) is 13.4 Å². The van der Waals surface area contributed by atoms with Gasteiger partial charge in [-0.15, -0.1) is 0 Å². The Balaban J connectivity index is 1.10. The second kappa shape index (κ2) is 17.0. The van der Waals surface area contributed by atoms with Gasteiger partial charge in [0.25, 0.3) is 0 Å². The number of hydrogen-bond donors (Lipinski definition) is 0. The van der Waals surface area contributed by atoms with Crippen molar-refractivity contribution in [3.8, 4) is 11.1 Å². The van der Waals surface area contributed by atoms with Gasteiger partial charge in [0.15, 0.2) is 0 Å². The molecule has 0 N–H and O–H groups in total. The SMILES string of the molecule is Cc1ccc(C2(c3cccc4ccccc34)c3cc(B(c4cccc5ccccc45)c4cccc5ccccc45)ccc3-c3ccc(B(c4cccc5ccccc45)c4cccc5ccccc45)cc32)cc1. The Hall–Kier alpha value is -8.71. The summed E-state index contributed by atoms with van der Waals surface area (Å²) >= 11 is 0. The van der Waals surface area contributed by atoms with Gasteiger partial charge in [0.1, 0.15) is 0 Å². The molecule has 0 atom stereocenters. The molecule has 0 heterocycles. The Kier molecular flexibility index (Phi) is 9.97. The Morgan fingerprint density at radius 2 is 0.583 bits per heavy atom. The van der Waals surface area contributed by atoms with Gasteiger partial charge in [-0.3, -0.25) is 0 Å². The molecule has 0 aromatic heterocycles. The molecule has 0 nitrogen and oxygen atoms in total. The van der Waals surface area contributed by atoms with Crippen LogP contribution in [0.25, 0.3) is 65.0 Å². The summed E-state index contributed by atoms with van der Waals surface area (Å²) in [6, 6.07) is 104. The lowest BCUT2D eigenvalue weighted by Gasteiger charge is -2.36. The highest BCUT2D eigenvalue weighted by Crippen LogP contribution is 2.57. The van der Waals surface area contributed by atoms with Crippen LogP contribution < -0.4 is 32.8 Å². The summed E-state index contributed by atoms with van der Waals surface area (Å²) < 4.78 is 0. The number of rotatable bonds is 8. The van der Waals surface area contributed by atoms with Gasteiger partial charge < -0.3 is 0 Å². The lowest BCUT2D eigenvalue weighted by Crippen LogP contribution is -2.53. The first kappa shape index (κ1) is 42.2. The zero-order valence-electron chi connectivity index (χ0n) is 40.1. The summed E-state index contributed by atoms with van der Waals surface area (Å²) in [6.45, 7) is 2.09. The van der Waals surface area contributed by atoms with Crippen molar-refractivity contribution in [3.63, 3.8) is 0 Å². The Morgan fingerprint density at radius 1 is 0.264 bits per heavy atom. The van der Waals surface area contributed by atoms with Gasteiger partial charge in [-0.05, 0) is 94.2 Å². The van der Waals surface area contributed by atoms with E-state index in [1.54, 1.807) is 0 Å². The number of fused-ring (bicyclic) bond motifs is 8. The maximum Gasteiger partial charge on any atom is 0.242 e. The van der Waals surface area contributed by atoms with Crippen LogP contribution in [0, 0.1) is 6.92 Å². The topological polar surface area (TPSA) is 0 Å². The molecule has 0 fully saturated rings. The minimum atomic E-state index is -0.699. The maximum absolute atomic E-state index is 2.61. The summed E-state index contributed by atoms with van der Waals surface area (Å²) in [4.78, 5) is 0. The van der Waals surface area contributed by atoms with Gasteiger partial charge in [-0.25, -0.2) is 0 Å². The molecule has 0 aliphatic heterocycles. The van der Waals surface area contributed by atoms with Gasteiger partial charge >= 0.3 is 0 Å². The Labute approximate surface area is 422 Å². The highest BCUT2D eigenvalue weighted by molar-refractivity contribution is 6.99. The first-order valence-electron chi connectivity index (χ1n) is 25.4. The molecule has 13 aromatic rings. The molecule has 0 unspecified atom stereocenters. The van der Waals surface area contributed by atoms with Crippen LogP contribution in [0.3, 0.4) is 0 Å². The molecule has 0 amide bonds. The van der Waals surface area contributed by atoms with Crippen LogP contribution in [-0.2, 0) is 5.41 Å². The van der Waals surface area contributed by atoms with Crippen molar-refractivity contribution in [2.75, 3.05) is 0 Å². The van der Waals surface area contributed by atoms with Crippen molar-refractivity contribution >= 4 is 100 Å². The molecule has 0 saturated heterocycles. The minimum absolute atomic E-state index is 0.0582. The molecule has 13 aromatic carbocycles. The largest absolute Gasteiger partial charge is 0.242 e. The molecule has 0 saturated carbocycles. The molecule has 0 bridgehead atoms. The van der Waals surface area contributed by atoms with E-state index in [0.29, 0.717) is 0 Å². The quantitative estimate of drug-likeness (QED) is 0.133. The Morgan fingerprint density at radius 3 is 0.972 bits per heavy atom. The first-order chi connectivity index (χ1) is 35.6. The van der Waals surface area contributed by atoms with Gasteiger partial charge in [0, 0.05) is 0 Å². The molecule has 14 rings (SSSR count). The average Bonchev–Trinajstić information content (AvgIpc) is 3.73. The molecule has 1 aliphatic rings. The van der Waals surface area contributed by atoms with Crippen molar-refractivity contribution in [2.24, 2.45) is 0 Å². The van der Waals surface area contributed by atoms with Crippen LogP contribution in [0.4, 0.5) is 0 Å². The normalized spacial score (nSPS) is 12.6. The highest BCUT2D eigenvalue weighted by atomic mass is 14.5. The summed E-state index contributed by atoms with van der Waals surface area (Å²) in [5.74, 6) is 0. The van der Waals surface area contributed by atoms with Crippen LogP contribution in [-0.4, -0.2) is 13.4 Å². The average molecular weight is 911 g/mol. The van der Waals surface area contributed by atoms with Gasteiger partial charge in [-0.1, -0.05) is 311 Å². The third-order valence-electron chi connectivity index (χ3n) is 16.1. The summed E-state index contributed by atoms with van der Waals surface area (Å²) in [7, 11) is 0. The van der Waals surface area contributed by atoms with Gasteiger partial charge in [0.05, 0.1) is 5.41 Å². The van der Waals surface area contributed by atoms with E-state index in [9.17, 15) is 0 Å². The zero-order chi connectivity index (χ0) is 47.8. The highest BCUT2D eigenvalue weighted by Gasteiger charge is 2.48. The number of benzene rings is 13. The lowest BCUT2D eigenvalue weighted by molar-refractivity contribution is 0.777. The standard InChI is InChI=1S/C70H48B2/c1-47-37-39-53(40-38-47)70(63-32-12-22-48-17-2-7-27-56(48)63)64-45-54(71(66-33-13-23-49-18-3-8-28-57(49)66)67-34-14-24-50-19-4-9-29-58(50)67)41-43-61(64)62-44-42-55(46-65(62)70)72(68-35-15-25-51-20-5-10-30-59(51)68)69-36-16-26-52-21-6-11-31-60(52)69/h2-46H,1H3. The smallest absolute Gasteiger partial charge is 0.0682 e. The van der Waals surface area contributed by atoms with Gasteiger partial charge in [0.2, 0.25) is 13.4 Å². The minimum Gasteiger partial charge on any atom is -0.0682 e. The van der Waals surface area contributed by atoms with Crippen LogP contribution >= 0.6 is 0 Å². The van der Waals surface area contributed by atoms with Gasteiger partial charge in [-0.2, -0.15) is 0 Å². The van der Waals surface area contributed by atoms with E-state index in [1.807, 2.05) is 0 Å². The van der Waals surface area contributed by atoms with E-state index in [1.165, 1.54) is 126 Å². The summed E-state index contributed by atoms with van der Waals surface area (Å²) in [6.07, 6.45) is 0. The molecular weight excluding hydrogens is 862 g/mol. The van der Waals surface area contributed by atoms with E-state index >= 15 is 0 Å². The molecule has 1 aliphatic carbocycles. The lowest BCUT2D eigenvalue weighted by atomic mass is 9.35. The maximum atomic E-state index is 2.61. The second-order valence-electron chi connectivity index (χ2n) is 19.9. The van der Waals surface area contributed by atoms with Crippen LogP contribution in [0.2, 0.25) is 0 Å². The van der Waals surface area contributed by atoms with Crippen LogP contribution in [0.5, 0.6) is 0 Å².